The summed E-state index contributed by atoms with van der Waals surface area (Å²) in [6, 6.07) is 4.18. The van der Waals surface area contributed by atoms with Crippen molar-refractivity contribution in [3.63, 3.8) is 0 Å². The Morgan fingerprint density at radius 3 is 2.47 bits per heavy atom. The second kappa shape index (κ2) is 4.90. The van der Waals surface area contributed by atoms with Gasteiger partial charge in [0.1, 0.15) is 0 Å². The lowest BCUT2D eigenvalue weighted by Gasteiger charge is -2.14. The van der Waals surface area contributed by atoms with Gasteiger partial charge in [-0.1, -0.05) is 26.0 Å². The molecule has 0 saturated carbocycles. The number of carbonyl (C=O) groups excluding carboxylic acids is 1. The minimum Gasteiger partial charge on any atom is -0.211 e. The highest BCUT2D eigenvalue weighted by molar-refractivity contribution is 5.42. The number of benzene rings is 1. The van der Waals surface area contributed by atoms with E-state index in [4.69, 9.17) is 0 Å². The van der Waals surface area contributed by atoms with E-state index in [1.807, 2.05) is 0 Å². The molecule has 0 fully saturated rings. The Hall–Kier alpha value is -1.40. The molecule has 0 aliphatic carbocycles. The molecule has 0 aliphatic rings. The van der Waals surface area contributed by atoms with E-state index in [0.717, 1.165) is 5.56 Å². The minimum absolute atomic E-state index is 0.439. The van der Waals surface area contributed by atoms with Crippen LogP contribution in [0.15, 0.2) is 17.1 Å². The highest BCUT2D eigenvalue weighted by atomic mass is 16.1. The zero-order valence-corrected chi connectivity index (χ0v) is 9.79. The van der Waals surface area contributed by atoms with E-state index in [-0.39, 0.29) is 0 Å². The van der Waals surface area contributed by atoms with Gasteiger partial charge in [-0.2, -0.15) is 0 Å². The van der Waals surface area contributed by atoms with Crippen LogP contribution in [-0.2, 0) is 11.3 Å². The number of nitrogens with zero attached hydrogens (tertiary/aromatic N) is 1. The molecule has 0 aliphatic heterocycles. The van der Waals surface area contributed by atoms with Crippen LogP contribution in [0, 0.1) is 13.8 Å². The molecular weight excluding hydrogens is 186 g/mol. The van der Waals surface area contributed by atoms with E-state index in [9.17, 15) is 4.79 Å². The first-order valence-corrected chi connectivity index (χ1v) is 5.20. The summed E-state index contributed by atoms with van der Waals surface area (Å²) in [5.74, 6) is 0.535. The van der Waals surface area contributed by atoms with Gasteiger partial charge in [-0.15, -0.1) is 0 Å². The third-order valence-electron chi connectivity index (χ3n) is 2.88. The van der Waals surface area contributed by atoms with E-state index < -0.39 is 0 Å². The molecule has 0 unspecified atom stereocenters. The van der Waals surface area contributed by atoms with Crippen molar-refractivity contribution in [1.29, 1.82) is 0 Å². The molecule has 0 atom stereocenters. The van der Waals surface area contributed by atoms with E-state index >= 15 is 0 Å². The highest BCUT2D eigenvalue weighted by Crippen LogP contribution is 2.24. The monoisotopic (exact) mass is 203 g/mol. The van der Waals surface area contributed by atoms with Crippen LogP contribution in [-0.4, -0.2) is 6.08 Å². The van der Waals surface area contributed by atoms with Crippen molar-refractivity contribution in [1.82, 2.24) is 0 Å². The van der Waals surface area contributed by atoms with Crippen LogP contribution in [0.2, 0.25) is 0 Å². The van der Waals surface area contributed by atoms with Gasteiger partial charge in [0, 0.05) is 0 Å². The summed E-state index contributed by atoms with van der Waals surface area (Å²) in [5, 5.41) is 0. The summed E-state index contributed by atoms with van der Waals surface area (Å²) < 4.78 is 0. The van der Waals surface area contributed by atoms with E-state index in [2.05, 4.69) is 44.8 Å². The summed E-state index contributed by atoms with van der Waals surface area (Å²) in [6.07, 6.45) is 1.58. The molecule has 0 bridgehead atoms. The molecule has 0 aromatic heterocycles. The predicted molar refractivity (Wildman–Crippen MR) is 61.8 cm³/mol. The lowest BCUT2D eigenvalue weighted by Crippen LogP contribution is -1.98. The van der Waals surface area contributed by atoms with Gasteiger partial charge >= 0.3 is 0 Å². The maximum absolute atomic E-state index is 10.1. The summed E-state index contributed by atoms with van der Waals surface area (Å²) in [6.45, 7) is 9.01. The van der Waals surface area contributed by atoms with Crippen LogP contribution in [0.1, 0.15) is 42.0 Å². The van der Waals surface area contributed by atoms with Crippen molar-refractivity contribution in [2.75, 3.05) is 0 Å². The molecular formula is C13H17NO. The van der Waals surface area contributed by atoms with E-state index in [1.54, 1.807) is 6.08 Å². The first-order chi connectivity index (χ1) is 7.07. The van der Waals surface area contributed by atoms with E-state index in [1.165, 1.54) is 16.7 Å². The summed E-state index contributed by atoms with van der Waals surface area (Å²) in [5.41, 5.74) is 5.02. The minimum atomic E-state index is 0.439. The second-order valence-corrected chi connectivity index (χ2v) is 4.13. The Morgan fingerprint density at radius 1 is 1.27 bits per heavy atom. The van der Waals surface area contributed by atoms with Gasteiger partial charge in [-0.25, -0.2) is 9.79 Å². The molecule has 1 rings (SSSR count). The van der Waals surface area contributed by atoms with Gasteiger partial charge in [0.05, 0.1) is 6.54 Å². The van der Waals surface area contributed by atoms with Crippen molar-refractivity contribution >= 4 is 6.08 Å². The summed E-state index contributed by atoms with van der Waals surface area (Å²) >= 11 is 0. The fraction of sp³-hybridized carbons (Fsp3) is 0.462. The number of hydrogen-bond acceptors (Lipinski definition) is 2. The number of rotatable bonds is 3. The molecule has 0 N–H and O–H groups in total. The zero-order chi connectivity index (χ0) is 11.4. The average Bonchev–Trinajstić information content (AvgIpc) is 2.20. The van der Waals surface area contributed by atoms with E-state index in [0.29, 0.717) is 12.5 Å². The largest absolute Gasteiger partial charge is 0.235 e. The first kappa shape index (κ1) is 11.7. The zero-order valence-electron chi connectivity index (χ0n) is 9.79. The Labute approximate surface area is 91.0 Å². The van der Waals surface area contributed by atoms with Crippen molar-refractivity contribution in [3.05, 3.63) is 34.4 Å². The van der Waals surface area contributed by atoms with Crippen LogP contribution >= 0.6 is 0 Å². The van der Waals surface area contributed by atoms with Crippen LogP contribution in [0.3, 0.4) is 0 Å². The molecule has 0 radical (unpaired) electrons. The Bertz CT molecular complexity index is 401. The van der Waals surface area contributed by atoms with Crippen molar-refractivity contribution < 1.29 is 4.79 Å². The lowest BCUT2D eigenvalue weighted by molar-refractivity contribution is 0.562. The van der Waals surface area contributed by atoms with Crippen LogP contribution in [0.25, 0.3) is 0 Å². The van der Waals surface area contributed by atoms with Gasteiger partial charge < -0.3 is 0 Å². The Kier molecular flexibility index (Phi) is 3.81. The van der Waals surface area contributed by atoms with Crippen LogP contribution in [0.4, 0.5) is 0 Å². The molecule has 0 amide bonds. The van der Waals surface area contributed by atoms with Crippen LogP contribution in [0.5, 0.6) is 0 Å². The fourth-order valence-corrected chi connectivity index (χ4v) is 1.81. The molecule has 2 heteroatoms. The van der Waals surface area contributed by atoms with Crippen molar-refractivity contribution in [3.8, 4) is 0 Å². The van der Waals surface area contributed by atoms with Crippen LogP contribution < -0.4 is 0 Å². The third kappa shape index (κ3) is 2.54. The number of aliphatic imine (C=N–C) groups is 1. The molecule has 15 heavy (non-hydrogen) atoms. The first-order valence-electron chi connectivity index (χ1n) is 5.20. The van der Waals surface area contributed by atoms with Gasteiger partial charge in [-0.05, 0) is 42.0 Å². The maximum atomic E-state index is 10.1. The number of hydrogen-bond donors (Lipinski definition) is 0. The third-order valence-corrected chi connectivity index (χ3v) is 2.88. The molecule has 0 heterocycles. The Morgan fingerprint density at radius 2 is 1.93 bits per heavy atom. The predicted octanol–water partition coefficient (Wildman–Crippen LogP) is 3.26. The van der Waals surface area contributed by atoms with Gasteiger partial charge in [-0.3, -0.25) is 0 Å². The molecule has 2 nitrogen and oxygen atoms in total. The topological polar surface area (TPSA) is 29.4 Å². The Balaban J connectivity index is 3.14. The summed E-state index contributed by atoms with van der Waals surface area (Å²) in [7, 11) is 0. The van der Waals surface area contributed by atoms with Crippen molar-refractivity contribution in [2.24, 2.45) is 4.99 Å². The fourth-order valence-electron chi connectivity index (χ4n) is 1.81. The maximum Gasteiger partial charge on any atom is 0.235 e. The highest BCUT2D eigenvalue weighted by Gasteiger charge is 2.08. The quantitative estimate of drug-likeness (QED) is 0.547. The molecule has 1 aromatic carbocycles. The molecule has 0 saturated heterocycles. The molecule has 1 aromatic rings. The molecule has 0 spiro atoms. The smallest absolute Gasteiger partial charge is 0.211 e. The lowest BCUT2D eigenvalue weighted by atomic mass is 9.92. The normalized spacial score (nSPS) is 10.2. The number of isocyanates is 1. The summed E-state index contributed by atoms with van der Waals surface area (Å²) in [4.78, 5) is 13.7. The SMILES string of the molecule is Cc1c(CN=C=O)ccc(C(C)C)c1C. The van der Waals surface area contributed by atoms with Gasteiger partial charge in [0.15, 0.2) is 0 Å². The van der Waals surface area contributed by atoms with Crippen molar-refractivity contribution in [2.45, 2.75) is 40.2 Å². The van der Waals surface area contributed by atoms with Gasteiger partial charge in [0.2, 0.25) is 6.08 Å². The standard InChI is InChI=1S/C13H17NO/c1-9(2)13-6-5-12(7-14-8-15)10(3)11(13)4/h5-6,9H,7H2,1-4H3. The molecule has 80 valence electrons. The average molecular weight is 203 g/mol. The second-order valence-electron chi connectivity index (χ2n) is 4.13. The van der Waals surface area contributed by atoms with Gasteiger partial charge in [0.25, 0.3) is 0 Å².